The van der Waals surface area contributed by atoms with Crippen molar-refractivity contribution in [3.63, 3.8) is 0 Å². The molecule has 8 nitrogen and oxygen atoms in total. The zero-order chi connectivity index (χ0) is 23.2. The second-order valence-electron chi connectivity index (χ2n) is 8.68. The van der Waals surface area contributed by atoms with E-state index >= 15 is 0 Å². The second-order valence-corrected chi connectivity index (χ2v) is 8.68. The zero-order valence-electron chi connectivity index (χ0n) is 19.0. The van der Waals surface area contributed by atoms with Crippen LogP contribution in [-0.2, 0) is 4.79 Å². The molecule has 4 rings (SSSR count). The van der Waals surface area contributed by atoms with Gasteiger partial charge in [-0.3, -0.25) is 14.4 Å². The highest BCUT2D eigenvalue weighted by Gasteiger charge is 2.37. The van der Waals surface area contributed by atoms with Crippen molar-refractivity contribution in [2.75, 3.05) is 33.3 Å². The number of hydrogen-bond donors (Lipinski definition) is 1. The van der Waals surface area contributed by atoms with E-state index in [0.29, 0.717) is 43.0 Å². The van der Waals surface area contributed by atoms with E-state index in [1.54, 1.807) is 48.4 Å². The topological polar surface area (TPSA) is 92.1 Å². The minimum atomic E-state index is -0.623. The largest absolute Gasteiger partial charge is 0.497 e. The molecule has 0 radical (unpaired) electrons. The molecule has 2 fully saturated rings. The average Bonchev–Trinajstić information content (AvgIpc) is 3.42. The van der Waals surface area contributed by atoms with Crippen LogP contribution in [0.4, 0.5) is 0 Å². The van der Waals surface area contributed by atoms with Crippen molar-refractivity contribution in [2.45, 2.75) is 38.1 Å². The van der Waals surface area contributed by atoms with Crippen LogP contribution < -0.4 is 10.1 Å². The van der Waals surface area contributed by atoms with Crippen LogP contribution >= 0.6 is 0 Å². The lowest BCUT2D eigenvalue weighted by molar-refractivity contribution is -0.136. The third kappa shape index (κ3) is 5.38. The Hall–Kier alpha value is -3.29. The van der Waals surface area contributed by atoms with Crippen molar-refractivity contribution in [1.29, 1.82) is 0 Å². The molecule has 0 saturated carbocycles. The van der Waals surface area contributed by atoms with Crippen molar-refractivity contribution in [3.8, 4) is 5.75 Å². The summed E-state index contributed by atoms with van der Waals surface area (Å²) in [5.74, 6) is 0.402. The number of carbonyl (C=O) groups is 3. The second kappa shape index (κ2) is 10.6. The minimum absolute atomic E-state index is 0.0262. The summed E-state index contributed by atoms with van der Waals surface area (Å²) in [6, 6.07) is 9.65. The highest BCUT2D eigenvalue weighted by molar-refractivity contribution is 5.98. The predicted octanol–water partition coefficient (Wildman–Crippen LogP) is 2.95. The van der Waals surface area contributed by atoms with Gasteiger partial charge in [-0.1, -0.05) is 6.07 Å². The smallest absolute Gasteiger partial charge is 0.289 e. The van der Waals surface area contributed by atoms with Crippen LogP contribution in [0.1, 0.15) is 53.0 Å². The van der Waals surface area contributed by atoms with Crippen molar-refractivity contribution in [3.05, 3.63) is 54.0 Å². The normalized spacial score (nSPS) is 18.0. The van der Waals surface area contributed by atoms with E-state index < -0.39 is 6.04 Å². The van der Waals surface area contributed by atoms with Gasteiger partial charge in [0.1, 0.15) is 11.8 Å². The first-order valence-corrected chi connectivity index (χ1v) is 11.6. The summed E-state index contributed by atoms with van der Waals surface area (Å²) in [6.07, 6.45) is 5.85. The van der Waals surface area contributed by atoms with Gasteiger partial charge in [0.05, 0.1) is 13.4 Å². The van der Waals surface area contributed by atoms with Crippen LogP contribution in [0, 0.1) is 5.92 Å². The third-order valence-corrected chi connectivity index (χ3v) is 6.58. The van der Waals surface area contributed by atoms with E-state index in [9.17, 15) is 14.4 Å². The van der Waals surface area contributed by atoms with Crippen LogP contribution in [-0.4, -0.2) is 66.9 Å². The molecule has 3 heterocycles. The van der Waals surface area contributed by atoms with E-state index in [4.69, 9.17) is 9.15 Å². The van der Waals surface area contributed by atoms with Crippen LogP contribution in [0.3, 0.4) is 0 Å². The number of rotatable bonds is 6. The standard InChI is InChI=1S/C25H31N3O5/c1-32-20-8-5-7-19(17-20)23(29)26-22(25(31)27-12-3-2-4-13-27)18-10-14-28(15-11-18)24(30)21-9-6-16-33-21/h5-9,16-18,22H,2-4,10-15H2,1H3,(H,26,29)/t22-/m0/s1. The summed E-state index contributed by atoms with van der Waals surface area (Å²) in [5, 5.41) is 3.02. The van der Waals surface area contributed by atoms with Gasteiger partial charge in [-0.2, -0.15) is 0 Å². The van der Waals surface area contributed by atoms with Gasteiger partial charge in [-0.15, -0.1) is 0 Å². The van der Waals surface area contributed by atoms with Gasteiger partial charge >= 0.3 is 0 Å². The summed E-state index contributed by atoms with van der Waals surface area (Å²) in [7, 11) is 1.55. The Morgan fingerprint density at radius 2 is 1.76 bits per heavy atom. The Kier molecular flexibility index (Phi) is 7.32. The monoisotopic (exact) mass is 453 g/mol. The molecule has 1 atom stereocenters. The maximum Gasteiger partial charge on any atom is 0.289 e. The maximum atomic E-state index is 13.5. The highest BCUT2D eigenvalue weighted by atomic mass is 16.5. The number of ether oxygens (including phenoxy) is 1. The Balaban J connectivity index is 1.47. The van der Waals surface area contributed by atoms with Crippen LogP contribution in [0.15, 0.2) is 47.1 Å². The maximum absolute atomic E-state index is 13.5. The summed E-state index contributed by atoms with van der Waals surface area (Å²) < 4.78 is 10.5. The molecule has 1 N–H and O–H groups in total. The molecule has 8 heteroatoms. The molecular weight excluding hydrogens is 422 g/mol. The first kappa shape index (κ1) is 22.9. The fourth-order valence-electron chi connectivity index (χ4n) is 4.67. The third-order valence-electron chi connectivity index (χ3n) is 6.58. The molecular formula is C25H31N3O5. The van der Waals surface area contributed by atoms with Crippen molar-refractivity contribution < 1.29 is 23.5 Å². The van der Waals surface area contributed by atoms with Crippen molar-refractivity contribution >= 4 is 17.7 Å². The van der Waals surface area contributed by atoms with Crippen molar-refractivity contribution in [1.82, 2.24) is 15.1 Å². The van der Waals surface area contributed by atoms with Gasteiger partial charge in [-0.25, -0.2) is 0 Å². The van der Waals surface area contributed by atoms with Gasteiger partial charge < -0.3 is 24.3 Å². The number of likely N-dealkylation sites (tertiary alicyclic amines) is 2. The SMILES string of the molecule is COc1cccc(C(=O)N[C@H](C(=O)N2CCCCC2)C2CCN(C(=O)c3ccco3)CC2)c1. The quantitative estimate of drug-likeness (QED) is 0.726. The first-order valence-electron chi connectivity index (χ1n) is 11.6. The fourth-order valence-corrected chi connectivity index (χ4v) is 4.67. The Morgan fingerprint density at radius 3 is 2.42 bits per heavy atom. The minimum Gasteiger partial charge on any atom is -0.497 e. The summed E-state index contributed by atoms with van der Waals surface area (Å²) in [6.45, 7) is 2.48. The lowest BCUT2D eigenvalue weighted by Crippen LogP contribution is -2.55. The number of furan rings is 1. The van der Waals surface area contributed by atoms with Gasteiger partial charge in [0, 0.05) is 31.7 Å². The Bertz CT molecular complexity index is 960. The Morgan fingerprint density at radius 1 is 1.00 bits per heavy atom. The molecule has 1 aromatic carbocycles. The van der Waals surface area contributed by atoms with E-state index in [-0.39, 0.29) is 23.6 Å². The molecule has 0 bridgehead atoms. The van der Waals surface area contributed by atoms with Crippen molar-refractivity contribution in [2.24, 2.45) is 5.92 Å². The number of nitrogens with one attached hydrogen (secondary N) is 1. The van der Waals surface area contributed by atoms with E-state index in [1.807, 2.05) is 4.90 Å². The molecule has 2 aromatic rings. The molecule has 2 aliphatic rings. The molecule has 2 saturated heterocycles. The number of carbonyl (C=O) groups excluding carboxylic acids is 3. The molecule has 3 amide bonds. The number of nitrogens with zero attached hydrogens (tertiary/aromatic N) is 2. The average molecular weight is 454 g/mol. The van der Waals surface area contributed by atoms with Gasteiger partial charge in [0.2, 0.25) is 5.91 Å². The van der Waals surface area contributed by atoms with Gasteiger partial charge in [-0.05, 0) is 68.4 Å². The summed E-state index contributed by atoms with van der Waals surface area (Å²) >= 11 is 0. The van der Waals surface area contributed by atoms with Gasteiger partial charge in [0.25, 0.3) is 11.8 Å². The molecule has 0 unspecified atom stereocenters. The summed E-state index contributed by atoms with van der Waals surface area (Å²) in [5.41, 5.74) is 0.455. The van der Waals surface area contributed by atoms with Crippen LogP contribution in [0.2, 0.25) is 0 Å². The number of piperidine rings is 2. The van der Waals surface area contributed by atoms with Crippen LogP contribution in [0.5, 0.6) is 5.75 Å². The molecule has 176 valence electrons. The van der Waals surface area contributed by atoms with E-state index in [0.717, 1.165) is 32.4 Å². The first-order chi connectivity index (χ1) is 16.1. The molecule has 33 heavy (non-hydrogen) atoms. The molecule has 0 aliphatic carbocycles. The van der Waals surface area contributed by atoms with E-state index in [1.165, 1.54) is 6.26 Å². The number of methoxy groups -OCH3 is 1. The predicted molar refractivity (Wildman–Crippen MR) is 122 cm³/mol. The fraction of sp³-hybridized carbons (Fsp3) is 0.480. The van der Waals surface area contributed by atoms with Crippen LogP contribution in [0.25, 0.3) is 0 Å². The van der Waals surface area contributed by atoms with Gasteiger partial charge in [0.15, 0.2) is 5.76 Å². The number of amides is 3. The molecule has 2 aliphatic heterocycles. The molecule has 1 aromatic heterocycles. The number of benzene rings is 1. The summed E-state index contributed by atoms with van der Waals surface area (Å²) in [4.78, 5) is 42.8. The highest BCUT2D eigenvalue weighted by Crippen LogP contribution is 2.25. The Labute approximate surface area is 193 Å². The lowest BCUT2D eigenvalue weighted by atomic mass is 9.87. The van der Waals surface area contributed by atoms with E-state index in [2.05, 4.69) is 5.32 Å². The number of hydrogen-bond acceptors (Lipinski definition) is 5. The lowest BCUT2D eigenvalue weighted by Gasteiger charge is -2.38. The molecule has 0 spiro atoms. The zero-order valence-corrected chi connectivity index (χ0v) is 19.0.